The van der Waals surface area contributed by atoms with E-state index in [2.05, 4.69) is 39.5 Å². The SMILES string of the molecule is CC(C)(C)OC(=O)NCCOCCOCCOCCNS(=O)(=O)c1ccc(O)cc1.Cc1ccc(S(=O)(=O)Cl)cc1.Cc1ccc(S(=O)(=O)NCCOCCOCCOCCN=[N+]=[N-])cc1.NCCOCCOCCOCCNS(=O)(=O)c1ccc(O)cc1.[N-]=[N+]=NCCOCCOCCOCCN. The number of ether oxygens (including phenoxy) is 13. The number of hydrogen-bond donors (Lipinski definition) is 8. The molecule has 0 saturated heterocycles. The fraction of sp³-hybridized carbons (Fsp3) is 0.603. The lowest BCUT2D eigenvalue weighted by Gasteiger charge is -2.19. The summed E-state index contributed by atoms with van der Waals surface area (Å²) in [5.41, 5.74) is 28.0. The minimum absolute atomic E-state index is 0.000139. The van der Waals surface area contributed by atoms with Gasteiger partial charge in [0.2, 0.25) is 30.1 Å². The van der Waals surface area contributed by atoms with Gasteiger partial charge in [0.25, 0.3) is 9.05 Å². The van der Waals surface area contributed by atoms with Crippen LogP contribution in [0.3, 0.4) is 0 Å². The number of aryl methyl sites for hydroxylation is 2. The largest absolute Gasteiger partial charge is 0.508 e. The van der Waals surface area contributed by atoms with Gasteiger partial charge in [-0.1, -0.05) is 45.6 Å². The normalized spacial score (nSPS) is 11.4. The Kier molecular flexibility index (Phi) is 58.2. The van der Waals surface area contributed by atoms with Gasteiger partial charge in [0.05, 0.1) is 178 Å². The van der Waals surface area contributed by atoms with Crippen LogP contribution in [0.4, 0.5) is 4.79 Å². The molecule has 41 heteroatoms. The molecule has 36 nitrogen and oxygen atoms in total. The second-order valence-corrected chi connectivity index (χ2v) is 29.4. The number of hydrogen-bond acceptors (Lipinski definition) is 28. The molecule has 0 bridgehead atoms. The molecule has 0 aromatic heterocycles. The number of phenols is 2. The Labute approximate surface area is 615 Å². The van der Waals surface area contributed by atoms with Crippen molar-refractivity contribution in [3.8, 4) is 11.5 Å². The van der Waals surface area contributed by atoms with E-state index in [0.717, 1.165) is 11.1 Å². The number of nitrogens with two attached hydrogens (primary N) is 2. The highest BCUT2D eigenvalue weighted by Gasteiger charge is 2.17. The van der Waals surface area contributed by atoms with E-state index in [1.54, 1.807) is 57.2 Å². The molecule has 0 unspecified atom stereocenters. The third kappa shape index (κ3) is 58.0. The van der Waals surface area contributed by atoms with Crippen molar-refractivity contribution in [3.05, 3.63) is 129 Å². The number of carbonyl (C=O) groups excluding carboxylic acids is 1. The van der Waals surface area contributed by atoms with Crippen LogP contribution >= 0.6 is 10.7 Å². The Bertz CT molecular complexity index is 3390. The van der Waals surface area contributed by atoms with Gasteiger partial charge in [0.1, 0.15) is 17.1 Å². The Morgan fingerprint density at radius 2 is 0.644 bits per heavy atom. The summed E-state index contributed by atoms with van der Waals surface area (Å²) in [5, 5.41) is 27.6. The van der Waals surface area contributed by atoms with E-state index in [9.17, 15) is 43.6 Å². The van der Waals surface area contributed by atoms with Crippen LogP contribution in [0.1, 0.15) is 31.9 Å². The maximum absolute atomic E-state index is 12.0. The van der Waals surface area contributed by atoms with Gasteiger partial charge in [-0.15, -0.1) is 0 Å². The number of sulfonamides is 3. The van der Waals surface area contributed by atoms with Crippen LogP contribution in [-0.2, 0) is 101 Å². The number of rotatable bonds is 53. The first-order valence-corrected chi connectivity index (χ1v) is 39.4. The van der Waals surface area contributed by atoms with Crippen molar-refractivity contribution in [1.82, 2.24) is 19.5 Å². The summed E-state index contributed by atoms with van der Waals surface area (Å²) in [6, 6.07) is 23.6. The quantitative estimate of drug-likeness (QED) is 0.00968. The number of phenolic OH excluding ortho intramolecular Hbond substituents is 2. The van der Waals surface area contributed by atoms with E-state index in [0.29, 0.717) is 171 Å². The number of aromatic hydroxyl groups is 2. The Morgan fingerprint density at radius 3 is 0.904 bits per heavy atom. The molecule has 4 aromatic rings. The fourth-order valence-electron chi connectivity index (χ4n) is 6.84. The number of azide groups is 2. The fourth-order valence-corrected chi connectivity index (χ4v) is 10.6. The molecule has 0 aliphatic carbocycles. The molecular weight excluding hydrogens is 1470 g/mol. The summed E-state index contributed by atoms with van der Waals surface area (Å²) in [7, 11) is -9.18. The van der Waals surface area contributed by atoms with Crippen LogP contribution in [0.2, 0.25) is 0 Å². The number of amides is 1. The van der Waals surface area contributed by atoms with Crippen molar-refractivity contribution in [2.24, 2.45) is 21.7 Å². The Balaban J connectivity index is 0.00000132. The van der Waals surface area contributed by atoms with Crippen molar-refractivity contribution in [2.45, 2.75) is 59.8 Å². The zero-order chi connectivity index (χ0) is 77.5. The number of carbonyl (C=O) groups is 1. The van der Waals surface area contributed by atoms with E-state index in [1.807, 2.05) is 13.8 Å². The highest BCUT2D eigenvalue weighted by molar-refractivity contribution is 8.13. The lowest BCUT2D eigenvalue weighted by Crippen LogP contribution is -2.34. The smallest absolute Gasteiger partial charge is 0.407 e. The molecule has 0 heterocycles. The molecule has 0 aliphatic rings. The maximum atomic E-state index is 12.0. The third-order valence-electron chi connectivity index (χ3n) is 11.8. The molecule has 0 atom stereocenters. The van der Waals surface area contributed by atoms with Gasteiger partial charge in [-0.05, 0) is 118 Å². The number of nitrogens with zero attached hydrogens (tertiary/aromatic N) is 6. The van der Waals surface area contributed by atoms with Gasteiger partial charge in [0.15, 0.2) is 0 Å². The molecule has 0 spiro atoms. The zero-order valence-electron chi connectivity index (χ0n) is 59.6. The molecule has 0 aliphatic heterocycles. The first-order chi connectivity index (χ1) is 49.6. The van der Waals surface area contributed by atoms with E-state index < -0.39 is 50.8 Å². The van der Waals surface area contributed by atoms with E-state index in [1.165, 1.54) is 60.7 Å². The summed E-state index contributed by atoms with van der Waals surface area (Å²) >= 11 is 0. The zero-order valence-corrected chi connectivity index (χ0v) is 63.6. The molecule has 104 heavy (non-hydrogen) atoms. The topological polar surface area (TPSA) is 512 Å². The maximum Gasteiger partial charge on any atom is 0.407 e. The lowest BCUT2D eigenvalue weighted by atomic mass is 10.2. The molecule has 0 fully saturated rings. The van der Waals surface area contributed by atoms with Crippen LogP contribution in [0.15, 0.2) is 127 Å². The molecular formula is C63H105ClN12O24S4. The van der Waals surface area contributed by atoms with Gasteiger partial charge >= 0.3 is 6.09 Å². The first kappa shape index (κ1) is 97.8. The highest BCUT2D eigenvalue weighted by Crippen LogP contribution is 2.17. The monoisotopic (exact) mass is 1580 g/mol. The van der Waals surface area contributed by atoms with Crippen LogP contribution in [0.5, 0.6) is 11.5 Å². The molecule has 4 rings (SSSR count). The van der Waals surface area contributed by atoms with Crippen LogP contribution in [0.25, 0.3) is 20.9 Å². The number of halogens is 1. The van der Waals surface area contributed by atoms with Crippen molar-refractivity contribution >= 4 is 55.9 Å². The summed E-state index contributed by atoms with van der Waals surface area (Å²) < 4.78 is 168. The van der Waals surface area contributed by atoms with E-state index in [4.69, 9.17) is 99.9 Å². The van der Waals surface area contributed by atoms with Gasteiger partial charge in [-0.2, -0.15) is 0 Å². The predicted molar refractivity (Wildman–Crippen MR) is 387 cm³/mol. The van der Waals surface area contributed by atoms with Gasteiger partial charge in [0, 0.05) is 72.9 Å². The minimum atomic E-state index is -3.63. The van der Waals surface area contributed by atoms with Crippen molar-refractivity contribution in [2.75, 3.05) is 211 Å². The molecule has 0 saturated carbocycles. The average molecular weight is 1580 g/mol. The summed E-state index contributed by atoms with van der Waals surface area (Å²) in [6.45, 7) is 21.4. The standard InChI is InChI=1S/C19H32N2O8S.C15H24N4O5S.C14H24N2O6S.C8H18N4O3.C7H7ClO2S/c1-19(2,3)29-18(23)20-8-10-26-12-14-28-15-13-27-11-9-21-30(24,25)17-6-4-16(22)5-7-17;1-14-2-4-15(5-3-14)25(20,21)18-7-9-23-11-13-24-12-10-22-8-6-17-19-16;15-5-7-20-9-11-22-12-10-21-8-6-16-23(18,19)14-3-1-13(17)2-4-14;9-1-3-13-5-7-15-8-6-14-4-2-11-12-10;1-6-2-4-7(5-3-6)11(8,9)10/h4-7,21-22H,8-15H2,1-3H3,(H,20,23);2-5,18H,6-13H2,1H3;1-4,16-17H,5-12,15H2;1-9H2;2-5H,1H3. The van der Waals surface area contributed by atoms with Crippen LogP contribution < -0.4 is 31.0 Å². The minimum Gasteiger partial charge on any atom is -0.508 e. The number of benzene rings is 4. The summed E-state index contributed by atoms with van der Waals surface area (Å²) in [6.07, 6.45) is -0.482. The van der Waals surface area contributed by atoms with E-state index >= 15 is 0 Å². The van der Waals surface area contributed by atoms with Crippen LogP contribution in [0, 0.1) is 13.8 Å². The Hall–Kier alpha value is -6.22. The third-order valence-corrected chi connectivity index (χ3v) is 17.6. The van der Waals surface area contributed by atoms with Gasteiger partial charge in [-0.25, -0.2) is 52.6 Å². The van der Waals surface area contributed by atoms with E-state index in [-0.39, 0.29) is 70.5 Å². The van der Waals surface area contributed by atoms with Crippen molar-refractivity contribution < 1.29 is 110 Å². The second kappa shape index (κ2) is 61.9. The Morgan fingerprint density at radius 1 is 0.404 bits per heavy atom. The summed E-state index contributed by atoms with van der Waals surface area (Å²) in [5.74, 6) is 0.0147. The lowest BCUT2D eigenvalue weighted by molar-refractivity contribution is 0.0150. The van der Waals surface area contributed by atoms with Crippen molar-refractivity contribution in [3.63, 3.8) is 0 Å². The predicted octanol–water partition coefficient (Wildman–Crippen LogP) is 4.79. The highest BCUT2D eigenvalue weighted by atomic mass is 35.7. The van der Waals surface area contributed by atoms with Crippen LogP contribution in [-0.4, -0.2) is 267 Å². The van der Waals surface area contributed by atoms with Gasteiger partial charge in [-0.3, -0.25) is 0 Å². The number of nitrogens with one attached hydrogen (secondary N) is 4. The van der Waals surface area contributed by atoms with Gasteiger partial charge < -0.3 is 88.6 Å². The molecule has 4 aromatic carbocycles. The average Bonchev–Trinajstić information content (AvgIpc) is 0.867. The second-order valence-electron chi connectivity index (χ2n) is 21.5. The molecule has 10 N–H and O–H groups in total. The van der Waals surface area contributed by atoms with Crippen molar-refractivity contribution in [1.29, 1.82) is 0 Å². The summed E-state index contributed by atoms with van der Waals surface area (Å²) in [4.78, 5) is 17.2. The number of alkyl carbamates (subject to hydrolysis) is 1. The molecule has 592 valence electrons. The molecule has 0 radical (unpaired) electrons. The molecule has 1 amide bonds. The first-order valence-electron chi connectivity index (χ1n) is 32.6.